The maximum absolute atomic E-state index is 14.9. The number of carboxylic acid groups (broad SMARTS) is 1. The number of fused-ring (bicyclic) bond motifs is 1. The Bertz CT molecular complexity index is 1260. The van der Waals surface area contributed by atoms with Crippen molar-refractivity contribution in [3.05, 3.63) is 74.5 Å². The van der Waals surface area contributed by atoms with E-state index in [1.165, 1.54) is 6.20 Å². The van der Waals surface area contributed by atoms with Gasteiger partial charge in [-0.2, -0.15) is 0 Å². The molecule has 1 aliphatic heterocycles. The molecule has 0 saturated carbocycles. The summed E-state index contributed by atoms with van der Waals surface area (Å²) < 4.78 is 29.9. The summed E-state index contributed by atoms with van der Waals surface area (Å²) in [6.07, 6.45) is 2.85. The van der Waals surface area contributed by atoms with E-state index >= 15 is 0 Å². The summed E-state index contributed by atoms with van der Waals surface area (Å²) in [7, 11) is 0. The van der Waals surface area contributed by atoms with Crippen molar-refractivity contribution in [2.45, 2.75) is 12.0 Å². The highest BCUT2D eigenvalue weighted by Crippen LogP contribution is 2.37. The number of benzene rings is 2. The number of halogens is 3. The lowest BCUT2D eigenvalue weighted by Gasteiger charge is -2.21. The minimum atomic E-state index is -3.48. The third-order valence-electron chi connectivity index (χ3n) is 5.33. The van der Waals surface area contributed by atoms with Gasteiger partial charge in [-0.05, 0) is 11.5 Å². The third-order valence-corrected chi connectivity index (χ3v) is 5.79. The summed E-state index contributed by atoms with van der Waals surface area (Å²) >= 11 is 2.99. The minimum absolute atomic E-state index is 0.107. The Morgan fingerprint density at radius 2 is 1.97 bits per heavy atom. The molecule has 170 valence electrons. The highest BCUT2D eigenvalue weighted by Gasteiger charge is 2.50. The average molecular weight is 521 g/mol. The predicted molar refractivity (Wildman–Crippen MR) is 118 cm³/mol. The van der Waals surface area contributed by atoms with Crippen LogP contribution in [0.25, 0.3) is 10.8 Å². The van der Waals surface area contributed by atoms with Crippen LogP contribution >= 0.6 is 15.9 Å². The Balaban J connectivity index is 1.67. The smallest absolute Gasteiger partial charge is 0.338 e. The van der Waals surface area contributed by atoms with Gasteiger partial charge in [0.05, 0.1) is 22.6 Å². The van der Waals surface area contributed by atoms with Gasteiger partial charge in [-0.3, -0.25) is 19.9 Å². The molecule has 12 heteroatoms. The van der Waals surface area contributed by atoms with Gasteiger partial charge in [-0.1, -0.05) is 40.2 Å². The van der Waals surface area contributed by atoms with Gasteiger partial charge >= 0.3 is 5.97 Å². The number of carboxylic acids is 1. The number of nitro benzene ring substituents is 1. The van der Waals surface area contributed by atoms with Crippen LogP contribution in [0.3, 0.4) is 0 Å². The summed E-state index contributed by atoms with van der Waals surface area (Å²) in [6.45, 7) is -1.44. The van der Waals surface area contributed by atoms with Crippen LogP contribution in [0.4, 0.5) is 20.2 Å². The van der Waals surface area contributed by atoms with Crippen LogP contribution in [-0.4, -0.2) is 56.8 Å². The maximum atomic E-state index is 14.9. The van der Waals surface area contributed by atoms with Crippen molar-refractivity contribution < 1.29 is 28.4 Å². The number of nitrogens with one attached hydrogen (secondary N) is 1. The van der Waals surface area contributed by atoms with E-state index in [0.29, 0.717) is 10.8 Å². The maximum Gasteiger partial charge on any atom is 0.338 e. The molecule has 0 bridgehead atoms. The SMILES string of the molecule is O=C(O)c1cc(Br)cc([N+](=O)[O-])c1N[C@H]1CN(C(=O)c2cncc3ccccc23)CC1(F)F. The topological polar surface area (TPSA) is 126 Å². The van der Waals surface area contributed by atoms with Crippen molar-refractivity contribution in [2.75, 3.05) is 18.4 Å². The monoisotopic (exact) mass is 520 g/mol. The molecule has 1 aliphatic rings. The molecule has 0 spiro atoms. The van der Waals surface area contributed by atoms with E-state index in [9.17, 15) is 33.6 Å². The van der Waals surface area contributed by atoms with Gasteiger partial charge in [0.25, 0.3) is 17.5 Å². The normalized spacial score (nSPS) is 17.2. The number of anilines is 1. The van der Waals surface area contributed by atoms with Crippen molar-refractivity contribution in [3.8, 4) is 0 Å². The van der Waals surface area contributed by atoms with E-state index in [1.54, 1.807) is 30.5 Å². The number of nitro groups is 1. The summed E-state index contributed by atoms with van der Waals surface area (Å²) in [4.78, 5) is 40.2. The molecule has 0 radical (unpaired) electrons. The molecular weight excluding hydrogens is 506 g/mol. The van der Waals surface area contributed by atoms with Crippen LogP contribution < -0.4 is 5.32 Å². The number of carbonyl (C=O) groups is 2. The molecule has 2 heterocycles. The number of amides is 1. The number of aromatic nitrogens is 1. The lowest BCUT2D eigenvalue weighted by Crippen LogP contribution is -2.38. The van der Waals surface area contributed by atoms with Crippen molar-refractivity contribution in [3.63, 3.8) is 0 Å². The molecule has 1 atom stereocenters. The number of alkyl halides is 2. The second kappa shape index (κ2) is 8.35. The van der Waals surface area contributed by atoms with E-state index in [-0.39, 0.29) is 10.0 Å². The van der Waals surface area contributed by atoms with E-state index in [1.807, 2.05) is 0 Å². The molecule has 0 aliphatic carbocycles. The number of hydrogen-bond donors (Lipinski definition) is 2. The van der Waals surface area contributed by atoms with Crippen LogP contribution in [0.2, 0.25) is 0 Å². The average Bonchev–Trinajstić information content (AvgIpc) is 3.07. The summed E-state index contributed by atoms with van der Waals surface area (Å²) in [6, 6.07) is 7.24. The Labute approximate surface area is 193 Å². The molecule has 33 heavy (non-hydrogen) atoms. The van der Waals surface area contributed by atoms with Gasteiger partial charge in [0, 0.05) is 34.9 Å². The van der Waals surface area contributed by atoms with Crippen LogP contribution in [0.5, 0.6) is 0 Å². The van der Waals surface area contributed by atoms with E-state index in [0.717, 1.165) is 17.0 Å². The molecular formula is C21H15BrF2N4O5. The van der Waals surface area contributed by atoms with Crippen molar-refractivity contribution in [2.24, 2.45) is 0 Å². The van der Waals surface area contributed by atoms with Crippen LogP contribution in [-0.2, 0) is 0 Å². The second-order valence-electron chi connectivity index (χ2n) is 7.46. The second-order valence-corrected chi connectivity index (χ2v) is 8.38. The van der Waals surface area contributed by atoms with Gasteiger partial charge in [0.2, 0.25) is 0 Å². The van der Waals surface area contributed by atoms with Gasteiger partial charge in [-0.15, -0.1) is 0 Å². The van der Waals surface area contributed by atoms with Crippen LogP contribution in [0.15, 0.2) is 53.3 Å². The van der Waals surface area contributed by atoms with E-state index in [4.69, 9.17) is 0 Å². The quantitative estimate of drug-likeness (QED) is 0.381. The minimum Gasteiger partial charge on any atom is -0.478 e. The third kappa shape index (κ3) is 4.21. The van der Waals surface area contributed by atoms with Crippen molar-refractivity contribution in [1.82, 2.24) is 9.88 Å². The number of likely N-dealkylation sites (tertiary alicyclic amines) is 1. The molecule has 4 rings (SSSR count). The summed E-state index contributed by atoms with van der Waals surface area (Å²) in [5.74, 6) is -5.69. The first-order chi connectivity index (χ1) is 15.6. The van der Waals surface area contributed by atoms with Crippen molar-refractivity contribution >= 4 is 50.0 Å². The van der Waals surface area contributed by atoms with E-state index in [2.05, 4.69) is 26.2 Å². The van der Waals surface area contributed by atoms with Gasteiger partial charge in [-0.25, -0.2) is 13.6 Å². The molecule has 1 amide bonds. The number of rotatable bonds is 5. The van der Waals surface area contributed by atoms with Crippen molar-refractivity contribution in [1.29, 1.82) is 0 Å². The first kappa shape index (κ1) is 22.5. The Kier molecular flexibility index (Phi) is 5.70. The molecule has 3 aromatic rings. The summed E-state index contributed by atoms with van der Waals surface area (Å²) in [5, 5.41) is 24.5. The zero-order valence-corrected chi connectivity index (χ0v) is 18.3. The molecule has 1 saturated heterocycles. The fraction of sp³-hybridized carbons (Fsp3) is 0.190. The molecule has 2 aromatic carbocycles. The zero-order chi connectivity index (χ0) is 23.9. The Morgan fingerprint density at radius 1 is 1.24 bits per heavy atom. The fourth-order valence-corrected chi connectivity index (χ4v) is 4.22. The lowest BCUT2D eigenvalue weighted by atomic mass is 10.1. The molecule has 1 fully saturated rings. The molecule has 0 unspecified atom stereocenters. The first-order valence-corrected chi connectivity index (χ1v) is 10.4. The number of hydrogen-bond acceptors (Lipinski definition) is 6. The zero-order valence-electron chi connectivity index (χ0n) is 16.7. The molecule has 2 N–H and O–H groups in total. The summed E-state index contributed by atoms with van der Waals surface area (Å²) in [5.41, 5.74) is -1.64. The fourth-order valence-electron chi connectivity index (χ4n) is 3.78. The molecule has 1 aromatic heterocycles. The standard InChI is InChI=1S/C21H15BrF2N4O5/c22-12-5-14(20(30)31)18(16(6-12)28(32)33)26-17-9-27(10-21(17,23)24)19(29)15-8-25-7-11-3-1-2-4-13(11)15/h1-8,17,26H,9-10H2,(H,30,31)/t17-/m0/s1. The number of aromatic carboxylic acids is 1. The van der Waals surface area contributed by atoms with Gasteiger partial charge in [0.15, 0.2) is 0 Å². The van der Waals surface area contributed by atoms with Crippen LogP contribution in [0.1, 0.15) is 20.7 Å². The molecule has 9 nitrogen and oxygen atoms in total. The highest BCUT2D eigenvalue weighted by atomic mass is 79.9. The predicted octanol–water partition coefficient (Wildman–Crippen LogP) is 4.18. The van der Waals surface area contributed by atoms with E-state index < -0.39 is 58.8 Å². The number of pyridine rings is 1. The van der Waals surface area contributed by atoms with Gasteiger partial charge in [0.1, 0.15) is 11.7 Å². The van der Waals surface area contributed by atoms with Gasteiger partial charge < -0.3 is 15.3 Å². The largest absolute Gasteiger partial charge is 0.478 e. The first-order valence-electron chi connectivity index (χ1n) is 9.56. The number of nitrogens with zero attached hydrogens (tertiary/aromatic N) is 3. The lowest BCUT2D eigenvalue weighted by molar-refractivity contribution is -0.384. The Morgan fingerprint density at radius 3 is 2.67 bits per heavy atom. The Hall–Kier alpha value is -3.67. The number of carbonyl (C=O) groups excluding carboxylic acids is 1. The van der Waals surface area contributed by atoms with Crippen LogP contribution in [0, 0.1) is 10.1 Å². The highest BCUT2D eigenvalue weighted by molar-refractivity contribution is 9.10.